The number of carbonyl (C=O) groups is 1. The maximum absolute atomic E-state index is 12.2. The molecule has 2 rings (SSSR count). The fourth-order valence-corrected chi connectivity index (χ4v) is 4.69. The molecule has 2 heterocycles. The van der Waals surface area contributed by atoms with Gasteiger partial charge in [-0.1, -0.05) is 6.92 Å². The monoisotopic (exact) mass is 394 g/mol. The minimum atomic E-state index is -3.97. The Kier molecular flexibility index (Phi) is 4.40. The second kappa shape index (κ2) is 5.78. The van der Waals surface area contributed by atoms with E-state index in [1.54, 1.807) is 0 Å². The number of rotatable bonds is 5. The number of aromatic carboxylic acids is 1. The highest BCUT2D eigenvalue weighted by molar-refractivity contribution is 9.10. The van der Waals surface area contributed by atoms with Crippen LogP contribution in [0.15, 0.2) is 20.0 Å². The van der Waals surface area contributed by atoms with Crippen LogP contribution in [0, 0.1) is 6.92 Å². The van der Waals surface area contributed by atoms with E-state index in [1.807, 2.05) is 13.8 Å². The number of carboxylic acids is 1. The Morgan fingerprint density at radius 2 is 2.24 bits per heavy atom. The number of nitrogens with one attached hydrogen (secondary N) is 1. The zero-order valence-corrected chi connectivity index (χ0v) is 14.2. The van der Waals surface area contributed by atoms with Crippen molar-refractivity contribution in [2.24, 2.45) is 0 Å². The number of anilines is 1. The number of aromatic nitrogens is 1. The number of sulfonamides is 1. The molecule has 0 saturated heterocycles. The molecule has 0 radical (unpaired) electrons. The summed E-state index contributed by atoms with van der Waals surface area (Å²) in [6, 6.07) is 0.940. The summed E-state index contributed by atoms with van der Waals surface area (Å²) in [6.45, 7) is 3.77. The SMILES string of the molecule is CCc1nc(NS(=O)(=O)c2cc(C(=O)O)oc2Br)sc1C. The molecular weight excluding hydrogens is 384 g/mol. The molecule has 0 aliphatic rings. The summed E-state index contributed by atoms with van der Waals surface area (Å²) >= 11 is 4.12. The summed E-state index contributed by atoms with van der Waals surface area (Å²) in [5, 5.41) is 9.04. The van der Waals surface area contributed by atoms with Gasteiger partial charge < -0.3 is 9.52 Å². The van der Waals surface area contributed by atoms with E-state index in [9.17, 15) is 13.2 Å². The van der Waals surface area contributed by atoms with Crippen LogP contribution in [0.5, 0.6) is 0 Å². The summed E-state index contributed by atoms with van der Waals surface area (Å²) in [6.07, 6.45) is 0.697. The normalized spacial score (nSPS) is 11.6. The van der Waals surface area contributed by atoms with Crippen LogP contribution in [0.25, 0.3) is 0 Å². The quantitative estimate of drug-likeness (QED) is 0.806. The molecule has 0 saturated carbocycles. The summed E-state index contributed by atoms with van der Waals surface area (Å²) in [5.41, 5.74) is 0.815. The molecule has 2 aromatic rings. The minimum absolute atomic E-state index is 0.170. The molecule has 21 heavy (non-hydrogen) atoms. The Hall–Kier alpha value is -1.39. The maximum Gasteiger partial charge on any atom is 0.371 e. The lowest BCUT2D eigenvalue weighted by atomic mass is 10.3. The van der Waals surface area contributed by atoms with E-state index >= 15 is 0 Å². The lowest BCUT2D eigenvalue weighted by molar-refractivity contribution is 0.0661. The van der Waals surface area contributed by atoms with Crippen LogP contribution in [-0.2, 0) is 16.4 Å². The van der Waals surface area contributed by atoms with E-state index < -0.39 is 21.8 Å². The summed E-state index contributed by atoms with van der Waals surface area (Å²) < 4.78 is 31.5. The number of halogens is 1. The van der Waals surface area contributed by atoms with Crippen LogP contribution in [0.2, 0.25) is 0 Å². The van der Waals surface area contributed by atoms with Gasteiger partial charge in [-0.05, 0) is 29.3 Å². The fourth-order valence-electron chi connectivity index (χ4n) is 1.61. The van der Waals surface area contributed by atoms with E-state index in [2.05, 4.69) is 25.6 Å². The van der Waals surface area contributed by atoms with Crippen molar-refractivity contribution in [3.05, 3.63) is 27.1 Å². The van der Waals surface area contributed by atoms with Gasteiger partial charge in [-0.2, -0.15) is 0 Å². The number of aryl methyl sites for hydroxylation is 2. The lowest BCUT2D eigenvalue weighted by Crippen LogP contribution is -2.12. The van der Waals surface area contributed by atoms with Gasteiger partial charge in [0.2, 0.25) is 5.76 Å². The largest absolute Gasteiger partial charge is 0.475 e. The van der Waals surface area contributed by atoms with Crippen molar-refractivity contribution in [1.82, 2.24) is 4.98 Å². The molecule has 10 heteroatoms. The number of thiazole rings is 1. The maximum atomic E-state index is 12.2. The molecule has 0 amide bonds. The first-order valence-corrected chi connectivity index (χ1v) is 8.85. The molecule has 0 aromatic carbocycles. The average Bonchev–Trinajstić information content (AvgIpc) is 2.92. The van der Waals surface area contributed by atoms with Crippen LogP contribution in [-0.4, -0.2) is 24.5 Å². The first-order valence-electron chi connectivity index (χ1n) is 5.76. The molecule has 2 aromatic heterocycles. The summed E-state index contributed by atoms with van der Waals surface area (Å²) in [7, 11) is -3.97. The van der Waals surface area contributed by atoms with E-state index in [0.29, 0.717) is 6.42 Å². The number of furan rings is 1. The van der Waals surface area contributed by atoms with Crippen molar-refractivity contribution in [2.45, 2.75) is 25.2 Å². The Morgan fingerprint density at radius 3 is 2.71 bits per heavy atom. The van der Waals surface area contributed by atoms with Crippen molar-refractivity contribution in [2.75, 3.05) is 4.72 Å². The molecule has 0 aliphatic carbocycles. The van der Waals surface area contributed by atoms with Gasteiger partial charge in [0, 0.05) is 10.9 Å². The number of hydrogen-bond donors (Lipinski definition) is 2. The number of hydrogen-bond acceptors (Lipinski definition) is 6. The molecule has 114 valence electrons. The van der Waals surface area contributed by atoms with E-state index in [-0.39, 0.29) is 14.7 Å². The highest BCUT2D eigenvalue weighted by atomic mass is 79.9. The van der Waals surface area contributed by atoms with E-state index in [4.69, 9.17) is 9.52 Å². The Bertz CT molecular complexity index is 794. The van der Waals surface area contributed by atoms with Gasteiger partial charge in [-0.3, -0.25) is 4.72 Å². The van der Waals surface area contributed by atoms with E-state index in [0.717, 1.165) is 16.6 Å². The average molecular weight is 395 g/mol. The van der Waals surface area contributed by atoms with Crippen LogP contribution >= 0.6 is 27.3 Å². The molecule has 2 N–H and O–H groups in total. The number of nitrogens with zero attached hydrogens (tertiary/aromatic N) is 1. The van der Waals surface area contributed by atoms with Crippen LogP contribution < -0.4 is 4.72 Å². The summed E-state index contributed by atoms with van der Waals surface area (Å²) in [4.78, 5) is 15.6. The van der Waals surface area contributed by atoms with E-state index in [1.165, 1.54) is 11.3 Å². The van der Waals surface area contributed by atoms with Crippen LogP contribution in [0.3, 0.4) is 0 Å². The lowest BCUT2D eigenvalue weighted by Gasteiger charge is -2.02. The molecule has 0 atom stereocenters. The molecule has 0 unspecified atom stereocenters. The first-order chi connectivity index (χ1) is 9.74. The molecule has 0 aliphatic heterocycles. The van der Waals surface area contributed by atoms with Crippen LogP contribution in [0.1, 0.15) is 28.0 Å². The molecular formula is C11H11BrN2O5S2. The van der Waals surface area contributed by atoms with Gasteiger partial charge in [0.15, 0.2) is 9.80 Å². The Balaban J connectivity index is 2.35. The van der Waals surface area contributed by atoms with Crippen molar-refractivity contribution >= 4 is 48.4 Å². The Labute approximate surface area is 133 Å². The number of carboxylic acid groups (broad SMARTS) is 1. The van der Waals surface area contributed by atoms with Crippen molar-refractivity contribution < 1.29 is 22.7 Å². The van der Waals surface area contributed by atoms with Gasteiger partial charge in [0.1, 0.15) is 4.90 Å². The predicted octanol–water partition coefficient (Wildman–Crippen LogP) is 2.87. The molecule has 0 spiro atoms. The van der Waals surface area contributed by atoms with Gasteiger partial charge in [0.25, 0.3) is 10.0 Å². The molecule has 7 nitrogen and oxygen atoms in total. The van der Waals surface area contributed by atoms with Crippen molar-refractivity contribution in [1.29, 1.82) is 0 Å². The fraction of sp³-hybridized carbons (Fsp3) is 0.273. The van der Waals surface area contributed by atoms with Gasteiger partial charge >= 0.3 is 5.97 Å². The highest BCUT2D eigenvalue weighted by Gasteiger charge is 2.26. The Morgan fingerprint density at radius 1 is 1.57 bits per heavy atom. The zero-order valence-electron chi connectivity index (χ0n) is 11.0. The third-order valence-electron chi connectivity index (χ3n) is 2.61. The third-order valence-corrected chi connectivity index (χ3v) is 5.86. The third kappa shape index (κ3) is 3.27. The van der Waals surface area contributed by atoms with Crippen molar-refractivity contribution in [3.8, 4) is 0 Å². The van der Waals surface area contributed by atoms with Gasteiger partial charge in [-0.15, -0.1) is 11.3 Å². The topological polar surface area (TPSA) is 110 Å². The molecule has 0 fully saturated rings. The molecule has 0 bridgehead atoms. The smallest absolute Gasteiger partial charge is 0.371 e. The minimum Gasteiger partial charge on any atom is -0.475 e. The van der Waals surface area contributed by atoms with Gasteiger partial charge in [-0.25, -0.2) is 18.2 Å². The highest BCUT2D eigenvalue weighted by Crippen LogP contribution is 2.30. The van der Waals surface area contributed by atoms with Crippen LogP contribution in [0.4, 0.5) is 5.13 Å². The first kappa shape index (κ1) is 16.0. The second-order valence-electron chi connectivity index (χ2n) is 4.03. The standard InChI is InChI=1S/C11H11BrN2O5S2/c1-3-6-5(2)20-11(13-6)14-21(17,18)8-4-7(10(15)16)19-9(8)12/h4H,3H2,1-2H3,(H,13,14)(H,15,16). The summed E-state index contributed by atoms with van der Waals surface area (Å²) in [5.74, 6) is -1.82. The van der Waals surface area contributed by atoms with Crippen molar-refractivity contribution in [3.63, 3.8) is 0 Å². The van der Waals surface area contributed by atoms with Gasteiger partial charge in [0.05, 0.1) is 5.69 Å². The second-order valence-corrected chi connectivity index (χ2v) is 7.61. The zero-order chi connectivity index (χ0) is 15.8. The predicted molar refractivity (Wildman–Crippen MR) is 80.4 cm³/mol.